The van der Waals surface area contributed by atoms with E-state index >= 15 is 0 Å². The van der Waals surface area contributed by atoms with Gasteiger partial charge in [0.2, 0.25) is 0 Å². The number of aliphatic hydroxyl groups excluding tert-OH is 1. The van der Waals surface area contributed by atoms with Gasteiger partial charge in [0.25, 0.3) is 0 Å². The van der Waals surface area contributed by atoms with Gasteiger partial charge < -0.3 is 10.2 Å². The quantitative estimate of drug-likeness (QED) is 0.556. The molecule has 4 rings (SSSR count). The molecule has 0 spiro atoms. The summed E-state index contributed by atoms with van der Waals surface area (Å²) in [5.74, 6) is 0.457. The Morgan fingerprint density at radius 3 is 2.18 bits per heavy atom. The Labute approximate surface area is 64.0 Å². The number of carboxylic acid groups (broad SMARTS) is 1. The molecule has 2 N–H and O–H groups in total. The SMILES string of the molecule is O=C(O)[C@H]1[C@@H]2[C@@H]3C[C@H]1C(O)[C@@H]32. The largest absolute Gasteiger partial charge is 0.481 e. The third kappa shape index (κ3) is 0.466. The van der Waals surface area contributed by atoms with Crippen molar-refractivity contribution >= 4 is 5.97 Å². The van der Waals surface area contributed by atoms with E-state index in [0.29, 0.717) is 17.8 Å². The van der Waals surface area contributed by atoms with Crippen LogP contribution in [0.3, 0.4) is 0 Å². The Kier molecular flexibility index (Phi) is 0.796. The molecule has 0 aliphatic heterocycles. The van der Waals surface area contributed by atoms with Crippen LogP contribution in [-0.2, 0) is 4.79 Å². The van der Waals surface area contributed by atoms with Crippen LogP contribution >= 0.6 is 0 Å². The van der Waals surface area contributed by atoms with Crippen molar-refractivity contribution in [3.63, 3.8) is 0 Å². The summed E-state index contributed by atoms with van der Waals surface area (Å²) < 4.78 is 0. The van der Waals surface area contributed by atoms with E-state index in [9.17, 15) is 9.90 Å². The molecule has 0 radical (unpaired) electrons. The molecule has 6 atom stereocenters. The minimum absolute atomic E-state index is 0.0903. The molecule has 0 amide bonds. The van der Waals surface area contributed by atoms with Crippen molar-refractivity contribution < 1.29 is 15.0 Å². The van der Waals surface area contributed by atoms with Crippen molar-refractivity contribution in [2.75, 3.05) is 0 Å². The van der Waals surface area contributed by atoms with Gasteiger partial charge in [0.15, 0.2) is 0 Å². The Morgan fingerprint density at radius 2 is 2.00 bits per heavy atom. The van der Waals surface area contributed by atoms with Gasteiger partial charge in [-0.2, -0.15) is 0 Å². The number of aliphatic carboxylic acids is 1. The average molecular weight is 154 g/mol. The van der Waals surface area contributed by atoms with Crippen LogP contribution in [0.5, 0.6) is 0 Å². The van der Waals surface area contributed by atoms with Crippen LogP contribution in [0.15, 0.2) is 0 Å². The second kappa shape index (κ2) is 1.46. The maximum Gasteiger partial charge on any atom is 0.307 e. The Hall–Kier alpha value is -0.570. The van der Waals surface area contributed by atoms with Crippen molar-refractivity contribution in [3.8, 4) is 0 Å². The third-order valence-electron chi connectivity index (χ3n) is 3.83. The predicted octanol–water partition coefficient (Wildman–Crippen LogP) is -0.0562. The highest BCUT2D eigenvalue weighted by atomic mass is 16.4. The van der Waals surface area contributed by atoms with Gasteiger partial charge in [-0.3, -0.25) is 4.79 Å². The van der Waals surface area contributed by atoms with Gasteiger partial charge in [0.05, 0.1) is 12.0 Å². The molecule has 0 aromatic heterocycles. The highest BCUT2D eigenvalue weighted by molar-refractivity contribution is 5.73. The Morgan fingerprint density at radius 1 is 1.27 bits per heavy atom. The first kappa shape index (κ1) is 6.00. The Bertz CT molecular complexity index is 237. The summed E-state index contributed by atoms with van der Waals surface area (Å²) in [6.07, 6.45) is 0.680. The van der Waals surface area contributed by atoms with E-state index in [1.807, 2.05) is 0 Å². The fraction of sp³-hybridized carbons (Fsp3) is 0.875. The molecular weight excluding hydrogens is 144 g/mol. The highest BCUT2D eigenvalue weighted by Crippen LogP contribution is 2.73. The van der Waals surface area contributed by atoms with Gasteiger partial charge in [-0.05, 0) is 30.1 Å². The van der Waals surface area contributed by atoms with Crippen LogP contribution in [0.2, 0.25) is 0 Å². The zero-order chi connectivity index (χ0) is 7.75. The van der Waals surface area contributed by atoms with E-state index in [1.54, 1.807) is 0 Å². The molecule has 1 unspecified atom stereocenters. The summed E-state index contributed by atoms with van der Waals surface area (Å²) in [4.78, 5) is 10.7. The molecule has 4 aliphatic rings. The molecule has 0 saturated heterocycles. The molecule has 0 aromatic rings. The molecule has 4 aliphatic carbocycles. The fourth-order valence-electron chi connectivity index (χ4n) is 3.46. The molecule has 4 saturated carbocycles. The summed E-state index contributed by atoms with van der Waals surface area (Å²) in [5, 5.41) is 18.3. The number of aliphatic hydroxyl groups is 1. The fourth-order valence-corrected chi connectivity index (χ4v) is 3.46. The van der Waals surface area contributed by atoms with Crippen molar-refractivity contribution in [2.24, 2.45) is 29.6 Å². The molecule has 3 nitrogen and oxygen atoms in total. The third-order valence-corrected chi connectivity index (χ3v) is 3.83. The van der Waals surface area contributed by atoms with Gasteiger partial charge >= 0.3 is 5.97 Å². The maximum atomic E-state index is 10.7. The minimum atomic E-state index is -0.693. The van der Waals surface area contributed by atoms with Crippen LogP contribution < -0.4 is 0 Å². The zero-order valence-electron chi connectivity index (χ0n) is 5.97. The van der Waals surface area contributed by atoms with Crippen LogP contribution in [0.25, 0.3) is 0 Å². The molecule has 0 aromatic carbocycles. The normalized spacial score (nSPS) is 63.4. The monoisotopic (exact) mass is 154 g/mol. The first-order valence-corrected chi connectivity index (χ1v) is 4.12. The summed E-state index contributed by atoms with van der Waals surface area (Å²) in [7, 11) is 0. The topological polar surface area (TPSA) is 57.5 Å². The first-order chi connectivity index (χ1) is 5.22. The van der Waals surface area contributed by atoms with Gasteiger partial charge in [0, 0.05) is 0 Å². The van der Waals surface area contributed by atoms with Gasteiger partial charge in [-0.15, -0.1) is 0 Å². The van der Waals surface area contributed by atoms with Crippen LogP contribution in [0.1, 0.15) is 6.42 Å². The number of hydrogen-bond acceptors (Lipinski definition) is 2. The average Bonchev–Trinajstić information content (AvgIpc) is 2.33. The van der Waals surface area contributed by atoms with E-state index in [1.165, 1.54) is 0 Å². The predicted molar refractivity (Wildman–Crippen MR) is 35.7 cm³/mol. The molecule has 11 heavy (non-hydrogen) atoms. The standard InChI is InChI=1S/C8H10O3/c9-7-3-1-2-4(5(2)7)6(3)8(10)11/h2-7,9H,1H2,(H,10,11)/t2-,3+,4+,5-,6+,7?/m0/s1. The number of carboxylic acids is 1. The van der Waals surface area contributed by atoms with E-state index < -0.39 is 5.97 Å². The second-order valence-electron chi connectivity index (χ2n) is 4.07. The van der Waals surface area contributed by atoms with Crippen molar-refractivity contribution in [3.05, 3.63) is 0 Å². The molecule has 4 fully saturated rings. The van der Waals surface area contributed by atoms with Crippen molar-refractivity contribution in [1.29, 1.82) is 0 Å². The number of rotatable bonds is 1. The highest BCUT2D eigenvalue weighted by Gasteiger charge is 2.75. The minimum Gasteiger partial charge on any atom is -0.481 e. The summed E-state index contributed by atoms with van der Waals surface area (Å²) >= 11 is 0. The lowest BCUT2D eigenvalue weighted by molar-refractivity contribution is -0.143. The molecule has 0 heterocycles. The lowest BCUT2D eigenvalue weighted by Gasteiger charge is -2.11. The zero-order valence-corrected chi connectivity index (χ0v) is 5.97. The van der Waals surface area contributed by atoms with Crippen LogP contribution in [0, 0.1) is 29.6 Å². The van der Waals surface area contributed by atoms with Crippen LogP contribution in [-0.4, -0.2) is 22.3 Å². The molecule has 3 heteroatoms. The van der Waals surface area contributed by atoms with E-state index in [0.717, 1.165) is 6.42 Å². The van der Waals surface area contributed by atoms with Crippen molar-refractivity contribution in [1.82, 2.24) is 0 Å². The lowest BCUT2D eigenvalue weighted by atomic mass is 9.97. The maximum absolute atomic E-state index is 10.7. The van der Waals surface area contributed by atoms with Gasteiger partial charge in [0.1, 0.15) is 0 Å². The van der Waals surface area contributed by atoms with E-state index in [4.69, 9.17) is 5.11 Å². The summed E-state index contributed by atoms with van der Waals surface area (Å²) in [5.41, 5.74) is 0. The lowest BCUT2D eigenvalue weighted by Crippen LogP contribution is -2.22. The molecular formula is C8H10O3. The van der Waals surface area contributed by atoms with Gasteiger partial charge in [-0.1, -0.05) is 0 Å². The molecule has 60 valence electrons. The second-order valence-corrected chi connectivity index (χ2v) is 4.07. The summed E-state index contributed by atoms with van der Waals surface area (Å²) in [6, 6.07) is 0. The smallest absolute Gasteiger partial charge is 0.307 e. The number of carbonyl (C=O) groups is 1. The number of hydrogen-bond donors (Lipinski definition) is 2. The molecule has 4 bridgehead atoms. The van der Waals surface area contributed by atoms with Crippen LogP contribution in [0.4, 0.5) is 0 Å². The van der Waals surface area contributed by atoms with Gasteiger partial charge in [-0.25, -0.2) is 0 Å². The van der Waals surface area contributed by atoms with Crippen molar-refractivity contribution in [2.45, 2.75) is 12.5 Å². The Balaban J connectivity index is 1.97. The van der Waals surface area contributed by atoms with E-state index in [-0.39, 0.29) is 17.9 Å². The first-order valence-electron chi connectivity index (χ1n) is 4.12. The van der Waals surface area contributed by atoms with E-state index in [2.05, 4.69) is 0 Å². The summed E-state index contributed by atoms with van der Waals surface area (Å²) in [6.45, 7) is 0.